The molecule has 5 nitrogen and oxygen atoms in total. The second-order valence-corrected chi connectivity index (χ2v) is 7.42. The van der Waals surface area contributed by atoms with Crippen LogP contribution in [0.25, 0.3) is 16.7 Å². The summed E-state index contributed by atoms with van der Waals surface area (Å²) in [7, 11) is 0. The predicted molar refractivity (Wildman–Crippen MR) is 113 cm³/mol. The smallest absolute Gasteiger partial charge is 0.305 e. The van der Waals surface area contributed by atoms with Crippen LogP contribution in [0.5, 0.6) is 0 Å². The lowest BCUT2D eigenvalue weighted by Crippen LogP contribution is -2.32. The molecule has 0 saturated carbocycles. The molecule has 0 radical (unpaired) electrons. The Morgan fingerprint density at radius 2 is 1.89 bits per heavy atom. The molecule has 144 valence electrons. The molecule has 3 aromatic rings. The molecule has 0 amide bonds. The van der Waals surface area contributed by atoms with Crippen molar-refractivity contribution in [3.63, 3.8) is 0 Å². The molecule has 2 aromatic carbocycles. The zero-order valence-corrected chi connectivity index (χ0v) is 16.1. The zero-order valence-electron chi connectivity index (χ0n) is 16.1. The van der Waals surface area contributed by atoms with E-state index < -0.39 is 0 Å². The van der Waals surface area contributed by atoms with E-state index in [2.05, 4.69) is 16.0 Å². The number of aromatic nitrogens is 2. The van der Waals surface area contributed by atoms with Crippen molar-refractivity contribution >= 4 is 22.5 Å². The molecular formula is C23H25N3O2. The van der Waals surface area contributed by atoms with Crippen molar-refractivity contribution < 1.29 is 4.79 Å². The molecule has 0 atom stereocenters. The molecule has 0 saturated heterocycles. The van der Waals surface area contributed by atoms with Crippen LogP contribution in [0.15, 0.2) is 59.4 Å². The van der Waals surface area contributed by atoms with Crippen LogP contribution in [0.1, 0.15) is 35.2 Å². The number of ketones is 1. The first-order chi connectivity index (χ1) is 13.6. The molecule has 1 aliphatic rings. The molecule has 2 heterocycles. The third kappa shape index (κ3) is 3.85. The van der Waals surface area contributed by atoms with Crippen LogP contribution < -0.4 is 5.69 Å². The standard InChI is InChI=1S/C23H25N3O2/c1-17-8-10-18(11-9-17)22(27)7-4-14-25-15-12-19(13-16-25)26-21-6-3-2-5-20(21)24-23(26)28/h2-3,5-6,8-12H,4,7,13-16H2,1H3,(H,24,28). The van der Waals surface area contributed by atoms with E-state index in [0.717, 1.165) is 54.8 Å². The molecule has 5 heteroatoms. The van der Waals surface area contributed by atoms with Crippen LogP contribution in [0.4, 0.5) is 0 Å². The van der Waals surface area contributed by atoms with E-state index in [1.54, 1.807) is 4.57 Å². The number of aromatic amines is 1. The first kappa shape index (κ1) is 18.4. The van der Waals surface area contributed by atoms with E-state index in [1.807, 2.05) is 55.5 Å². The molecule has 4 rings (SSSR count). The number of carbonyl (C=O) groups excluding carboxylic acids is 1. The van der Waals surface area contributed by atoms with Crippen LogP contribution in [0.2, 0.25) is 0 Å². The fourth-order valence-corrected chi connectivity index (χ4v) is 3.79. The monoisotopic (exact) mass is 375 g/mol. The highest BCUT2D eigenvalue weighted by Crippen LogP contribution is 2.20. The van der Waals surface area contributed by atoms with Gasteiger partial charge in [-0.15, -0.1) is 0 Å². The van der Waals surface area contributed by atoms with Gasteiger partial charge < -0.3 is 4.98 Å². The zero-order chi connectivity index (χ0) is 19.5. The number of aryl methyl sites for hydroxylation is 1. The molecule has 0 fully saturated rings. The summed E-state index contributed by atoms with van der Waals surface area (Å²) in [5.41, 5.74) is 4.73. The minimum Gasteiger partial charge on any atom is -0.305 e. The van der Waals surface area contributed by atoms with Crippen LogP contribution >= 0.6 is 0 Å². The van der Waals surface area contributed by atoms with Gasteiger partial charge >= 0.3 is 5.69 Å². The summed E-state index contributed by atoms with van der Waals surface area (Å²) < 4.78 is 1.79. The minimum absolute atomic E-state index is 0.0791. The lowest BCUT2D eigenvalue weighted by atomic mass is 10.0. The van der Waals surface area contributed by atoms with E-state index in [9.17, 15) is 9.59 Å². The van der Waals surface area contributed by atoms with Crippen LogP contribution in [-0.2, 0) is 0 Å². The summed E-state index contributed by atoms with van der Waals surface area (Å²) >= 11 is 0. The molecule has 0 spiro atoms. The third-order valence-corrected chi connectivity index (χ3v) is 5.40. The van der Waals surface area contributed by atoms with Crippen molar-refractivity contribution in [3.8, 4) is 0 Å². The molecule has 1 aliphatic heterocycles. The average molecular weight is 375 g/mol. The SMILES string of the molecule is Cc1ccc(C(=O)CCCN2CC=C(n3c(=O)[nH]c4ccccc43)CC2)cc1. The fourth-order valence-electron chi connectivity index (χ4n) is 3.79. The Morgan fingerprint density at radius 1 is 1.11 bits per heavy atom. The van der Waals surface area contributed by atoms with E-state index >= 15 is 0 Å². The number of hydrogen-bond donors (Lipinski definition) is 1. The van der Waals surface area contributed by atoms with E-state index in [-0.39, 0.29) is 11.5 Å². The number of carbonyl (C=O) groups is 1. The Labute approximate surface area is 164 Å². The summed E-state index contributed by atoms with van der Waals surface area (Å²) in [5.74, 6) is 0.207. The molecule has 1 aromatic heterocycles. The Hall–Kier alpha value is -2.92. The molecule has 28 heavy (non-hydrogen) atoms. The van der Waals surface area contributed by atoms with E-state index in [0.29, 0.717) is 6.42 Å². The topological polar surface area (TPSA) is 58.1 Å². The van der Waals surface area contributed by atoms with Crippen molar-refractivity contribution in [3.05, 3.63) is 76.2 Å². The van der Waals surface area contributed by atoms with Crippen molar-refractivity contribution in [1.82, 2.24) is 14.5 Å². The Morgan fingerprint density at radius 3 is 2.64 bits per heavy atom. The number of hydrogen-bond acceptors (Lipinski definition) is 3. The number of nitrogens with one attached hydrogen (secondary N) is 1. The van der Waals surface area contributed by atoms with Gasteiger partial charge in [0.2, 0.25) is 0 Å². The largest absolute Gasteiger partial charge is 0.330 e. The Bertz CT molecular complexity index is 1070. The molecule has 0 aliphatic carbocycles. The predicted octanol–water partition coefficient (Wildman–Crippen LogP) is 3.85. The highest BCUT2D eigenvalue weighted by atomic mass is 16.1. The number of para-hydroxylation sites is 2. The minimum atomic E-state index is -0.0791. The summed E-state index contributed by atoms with van der Waals surface area (Å²) in [6, 6.07) is 15.6. The number of rotatable bonds is 6. The van der Waals surface area contributed by atoms with Gasteiger partial charge in [0, 0.05) is 37.2 Å². The molecular weight excluding hydrogens is 350 g/mol. The maximum atomic E-state index is 12.3. The van der Waals surface area contributed by atoms with Gasteiger partial charge in [0.05, 0.1) is 11.0 Å². The Kier molecular flexibility index (Phi) is 5.26. The van der Waals surface area contributed by atoms with Gasteiger partial charge in [-0.1, -0.05) is 48.0 Å². The van der Waals surface area contributed by atoms with Gasteiger partial charge in [-0.2, -0.15) is 0 Å². The number of fused-ring (bicyclic) bond motifs is 1. The number of nitrogens with zero attached hydrogens (tertiary/aromatic N) is 2. The van der Waals surface area contributed by atoms with Crippen molar-refractivity contribution in [1.29, 1.82) is 0 Å². The van der Waals surface area contributed by atoms with Crippen LogP contribution in [0, 0.1) is 6.92 Å². The number of Topliss-reactive ketones (excluding diaryl/α,β-unsaturated/α-hetero) is 1. The van der Waals surface area contributed by atoms with Gasteiger partial charge in [0.1, 0.15) is 0 Å². The van der Waals surface area contributed by atoms with E-state index in [1.165, 1.54) is 5.56 Å². The lowest BCUT2D eigenvalue weighted by molar-refractivity contribution is 0.0975. The van der Waals surface area contributed by atoms with Gasteiger partial charge in [0.25, 0.3) is 0 Å². The second kappa shape index (κ2) is 7.98. The fraction of sp³-hybridized carbons (Fsp3) is 0.304. The van der Waals surface area contributed by atoms with Crippen LogP contribution in [0.3, 0.4) is 0 Å². The maximum Gasteiger partial charge on any atom is 0.330 e. The summed E-state index contributed by atoms with van der Waals surface area (Å²) in [6.07, 6.45) is 4.38. The van der Waals surface area contributed by atoms with Gasteiger partial charge in [-0.05, 0) is 32.0 Å². The lowest BCUT2D eigenvalue weighted by Gasteiger charge is -2.26. The second-order valence-electron chi connectivity index (χ2n) is 7.42. The number of imidazole rings is 1. The number of H-pyrrole nitrogens is 1. The third-order valence-electron chi connectivity index (χ3n) is 5.40. The first-order valence-corrected chi connectivity index (χ1v) is 9.83. The summed E-state index contributed by atoms with van der Waals surface area (Å²) in [4.78, 5) is 29.9. The molecule has 1 N–H and O–H groups in total. The molecule has 0 unspecified atom stereocenters. The van der Waals surface area contributed by atoms with Crippen molar-refractivity contribution in [2.45, 2.75) is 26.2 Å². The van der Waals surface area contributed by atoms with Gasteiger partial charge in [0.15, 0.2) is 5.78 Å². The maximum absolute atomic E-state index is 12.3. The quantitative estimate of drug-likeness (QED) is 0.666. The van der Waals surface area contributed by atoms with Gasteiger partial charge in [-0.25, -0.2) is 4.79 Å². The Balaban J connectivity index is 1.34. The first-order valence-electron chi connectivity index (χ1n) is 9.83. The highest BCUT2D eigenvalue weighted by molar-refractivity contribution is 5.96. The normalized spacial score (nSPS) is 15.0. The van der Waals surface area contributed by atoms with E-state index in [4.69, 9.17) is 0 Å². The van der Waals surface area contributed by atoms with Crippen LogP contribution in [-0.4, -0.2) is 39.9 Å². The number of benzene rings is 2. The average Bonchev–Trinajstić information content (AvgIpc) is 3.05. The molecule has 0 bridgehead atoms. The summed E-state index contributed by atoms with van der Waals surface area (Å²) in [6.45, 7) is 4.62. The summed E-state index contributed by atoms with van der Waals surface area (Å²) in [5, 5.41) is 0. The van der Waals surface area contributed by atoms with Crippen molar-refractivity contribution in [2.24, 2.45) is 0 Å². The highest BCUT2D eigenvalue weighted by Gasteiger charge is 2.17. The van der Waals surface area contributed by atoms with Crippen molar-refractivity contribution in [2.75, 3.05) is 19.6 Å². The van der Waals surface area contributed by atoms with Gasteiger partial charge in [-0.3, -0.25) is 14.3 Å².